The van der Waals surface area contributed by atoms with Crippen LogP contribution in [0.1, 0.15) is 30.6 Å². The average molecular weight is 371 g/mol. The van der Waals surface area contributed by atoms with Gasteiger partial charge in [0.15, 0.2) is 0 Å². The summed E-state index contributed by atoms with van der Waals surface area (Å²) in [6.45, 7) is 0. The lowest BCUT2D eigenvalue weighted by molar-refractivity contribution is -0.184. The second-order valence-corrected chi connectivity index (χ2v) is 7.27. The summed E-state index contributed by atoms with van der Waals surface area (Å²) in [5, 5.41) is 2.00. The molecule has 0 saturated heterocycles. The summed E-state index contributed by atoms with van der Waals surface area (Å²) in [6, 6.07) is 2.09. The van der Waals surface area contributed by atoms with Crippen LogP contribution in [0.5, 0.6) is 0 Å². The van der Waals surface area contributed by atoms with Crippen molar-refractivity contribution in [1.82, 2.24) is 5.43 Å². The molecule has 1 aromatic heterocycles. The maximum absolute atomic E-state index is 12.7. The summed E-state index contributed by atoms with van der Waals surface area (Å²) in [5.41, 5.74) is 2.79. The third-order valence-electron chi connectivity index (χ3n) is 4.06. The lowest BCUT2D eigenvalue weighted by atomic mass is 9.77. The summed E-state index contributed by atoms with van der Waals surface area (Å²) >= 11 is 5.04. The van der Waals surface area contributed by atoms with Crippen LogP contribution in [-0.2, 0) is 6.42 Å². The van der Waals surface area contributed by atoms with Crippen LogP contribution in [0.4, 0.5) is 13.2 Å². The van der Waals surface area contributed by atoms with E-state index in [1.165, 1.54) is 4.88 Å². The van der Waals surface area contributed by atoms with E-state index in [9.17, 15) is 13.2 Å². The number of thiophene rings is 1. The Labute approximate surface area is 129 Å². The van der Waals surface area contributed by atoms with E-state index in [4.69, 9.17) is 5.84 Å². The Morgan fingerprint density at radius 3 is 2.45 bits per heavy atom. The summed E-state index contributed by atoms with van der Waals surface area (Å²) < 4.78 is 39.0. The number of nitrogens with two attached hydrogens (primary N) is 1. The van der Waals surface area contributed by atoms with Gasteiger partial charge in [0.25, 0.3) is 0 Å². The first-order valence-corrected chi connectivity index (χ1v) is 8.33. The lowest BCUT2D eigenvalue weighted by Crippen LogP contribution is -2.44. The number of rotatable bonds is 4. The number of halogens is 4. The first kappa shape index (κ1) is 16.3. The monoisotopic (exact) mass is 370 g/mol. The van der Waals surface area contributed by atoms with E-state index in [2.05, 4.69) is 21.4 Å². The Morgan fingerprint density at radius 1 is 1.35 bits per heavy atom. The van der Waals surface area contributed by atoms with Crippen LogP contribution < -0.4 is 11.3 Å². The van der Waals surface area contributed by atoms with Gasteiger partial charge in [-0.2, -0.15) is 13.2 Å². The molecule has 7 heteroatoms. The summed E-state index contributed by atoms with van der Waals surface area (Å²) in [5.74, 6) is 4.69. The number of nitrogens with one attached hydrogen (secondary N) is 1. The van der Waals surface area contributed by atoms with E-state index in [-0.39, 0.29) is 24.8 Å². The van der Waals surface area contributed by atoms with E-state index < -0.39 is 12.1 Å². The maximum atomic E-state index is 12.7. The number of hydrazine groups is 1. The van der Waals surface area contributed by atoms with E-state index in [1.807, 2.05) is 11.4 Å². The van der Waals surface area contributed by atoms with Crippen LogP contribution in [0.3, 0.4) is 0 Å². The minimum absolute atomic E-state index is 0.0507. The fraction of sp³-hybridized carbons (Fsp3) is 0.692. The predicted octanol–water partition coefficient (Wildman–Crippen LogP) is 4.25. The zero-order valence-corrected chi connectivity index (χ0v) is 13.3. The fourth-order valence-corrected chi connectivity index (χ4v) is 4.40. The van der Waals surface area contributed by atoms with Gasteiger partial charge in [-0.25, -0.2) is 0 Å². The zero-order valence-electron chi connectivity index (χ0n) is 10.9. The zero-order chi connectivity index (χ0) is 14.8. The van der Waals surface area contributed by atoms with Crippen molar-refractivity contribution in [2.24, 2.45) is 17.7 Å². The largest absolute Gasteiger partial charge is 0.391 e. The van der Waals surface area contributed by atoms with Crippen LogP contribution in [-0.4, -0.2) is 12.2 Å². The van der Waals surface area contributed by atoms with E-state index in [0.717, 1.165) is 10.9 Å². The second kappa shape index (κ2) is 6.77. The van der Waals surface area contributed by atoms with E-state index in [1.54, 1.807) is 11.3 Å². The molecule has 1 saturated carbocycles. The molecule has 1 unspecified atom stereocenters. The maximum Gasteiger partial charge on any atom is 0.391 e. The van der Waals surface area contributed by atoms with Gasteiger partial charge in [0.1, 0.15) is 0 Å². The smallest absolute Gasteiger partial charge is 0.271 e. The topological polar surface area (TPSA) is 38.0 Å². The third kappa shape index (κ3) is 4.19. The average Bonchev–Trinajstić information content (AvgIpc) is 2.81. The molecule has 0 bridgehead atoms. The minimum Gasteiger partial charge on any atom is -0.271 e. The van der Waals surface area contributed by atoms with E-state index >= 15 is 0 Å². The van der Waals surface area contributed by atoms with Crippen LogP contribution in [0.15, 0.2) is 15.9 Å². The first-order valence-electron chi connectivity index (χ1n) is 6.66. The highest BCUT2D eigenvalue weighted by atomic mass is 79.9. The molecule has 2 rings (SSSR count). The highest BCUT2D eigenvalue weighted by Crippen LogP contribution is 2.40. The van der Waals surface area contributed by atoms with Gasteiger partial charge in [-0.05, 0) is 60.0 Å². The van der Waals surface area contributed by atoms with Crippen molar-refractivity contribution in [1.29, 1.82) is 0 Å². The highest BCUT2D eigenvalue weighted by molar-refractivity contribution is 9.10. The van der Waals surface area contributed by atoms with Crippen LogP contribution in [0.25, 0.3) is 0 Å². The van der Waals surface area contributed by atoms with Crippen LogP contribution in [0.2, 0.25) is 0 Å². The van der Waals surface area contributed by atoms with Crippen LogP contribution in [0, 0.1) is 11.8 Å². The number of alkyl halides is 3. The molecule has 1 heterocycles. The Bertz CT molecular complexity index is 427. The van der Waals surface area contributed by atoms with Gasteiger partial charge < -0.3 is 0 Å². The molecule has 0 aromatic carbocycles. The predicted molar refractivity (Wildman–Crippen MR) is 78.3 cm³/mol. The molecular formula is C13H18BrF3N2S. The Hall–Kier alpha value is -0.110. The second-order valence-electron chi connectivity index (χ2n) is 5.36. The van der Waals surface area contributed by atoms with Gasteiger partial charge >= 0.3 is 6.18 Å². The summed E-state index contributed by atoms with van der Waals surface area (Å²) in [6.07, 6.45) is -1.65. The van der Waals surface area contributed by atoms with Crippen LogP contribution >= 0.6 is 27.3 Å². The van der Waals surface area contributed by atoms with Crippen molar-refractivity contribution in [3.8, 4) is 0 Å². The van der Waals surface area contributed by atoms with Crippen molar-refractivity contribution in [3.05, 3.63) is 20.8 Å². The molecule has 1 atom stereocenters. The normalized spacial score (nSPS) is 25.6. The molecular weight excluding hydrogens is 353 g/mol. The number of hydrogen-bond donors (Lipinski definition) is 2. The molecule has 0 radical (unpaired) electrons. The Kier molecular flexibility index (Phi) is 5.50. The molecule has 2 nitrogen and oxygen atoms in total. The molecule has 1 fully saturated rings. The van der Waals surface area contributed by atoms with Gasteiger partial charge in [-0.15, -0.1) is 11.3 Å². The highest BCUT2D eigenvalue weighted by Gasteiger charge is 2.42. The molecule has 20 heavy (non-hydrogen) atoms. The number of hydrogen-bond acceptors (Lipinski definition) is 3. The summed E-state index contributed by atoms with van der Waals surface area (Å²) in [7, 11) is 0. The van der Waals surface area contributed by atoms with Crippen molar-refractivity contribution in [3.63, 3.8) is 0 Å². The minimum atomic E-state index is -4.05. The SMILES string of the molecule is NNC(Cc1cc(Br)cs1)C1CCC(C(F)(F)F)CC1. The Morgan fingerprint density at radius 2 is 2.00 bits per heavy atom. The quantitative estimate of drug-likeness (QED) is 0.613. The van der Waals surface area contributed by atoms with Gasteiger partial charge in [-0.1, -0.05) is 0 Å². The van der Waals surface area contributed by atoms with Gasteiger partial charge in [-0.3, -0.25) is 11.3 Å². The van der Waals surface area contributed by atoms with Crippen molar-refractivity contribution < 1.29 is 13.2 Å². The van der Waals surface area contributed by atoms with Gasteiger partial charge in [0, 0.05) is 20.8 Å². The fourth-order valence-electron chi connectivity index (χ4n) is 2.89. The Balaban J connectivity index is 1.90. The van der Waals surface area contributed by atoms with Crippen molar-refractivity contribution in [2.45, 2.75) is 44.3 Å². The third-order valence-corrected chi connectivity index (χ3v) is 5.78. The molecule has 0 aliphatic heterocycles. The molecule has 3 N–H and O–H groups in total. The van der Waals surface area contributed by atoms with Gasteiger partial charge in [0.2, 0.25) is 0 Å². The molecule has 114 valence electrons. The van der Waals surface area contributed by atoms with Gasteiger partial charge in [0.05, 0.1) is 5.92 Å². The van der Waals surface area contributed by atoms with Crippen molar-refractivity contribution >= 4 is 27.3 Å². The van der Waals surface area contributed by atoms with E-state index in [0.29, 0.717) is 12.8 Å². The summed E-state index contributed by atoms with van der Waals surface area (Å²) in [4.78, 5) is 1.19. The van der Waals surface area contributed by atoms with Crippen molar-refractivity contribution in [2.75, 3.05) is 0 Å². The lowest BCUT2D eigenvalue weighted by Gasteiger charge is -2.34. The first-order chi connectivity index (χ1) is 9.40. The standard InChI is InChI=1S/C13H18BrF3N2S/c14-10-5-11(20-7-10)6-12(19-18)8-1-3-9(4-2-8)13(15,16)17/h5,7-9,12,19H,1-4,6,18H2. The molecule has 1 aliphatic carbocycles. The molecule has 0 spiro atoms. The molecule has 1 aromatic rings. The molecule has 0 amide bonds. The molecule has 1 aliphatic rings.